The van der Waals surface area contributed by atoms with Crippen LogP contribution in [0.5, 0.6) is 0 Å². The minimum atomic E-state index is 0.675. The van der Waals surface area contributed by atoms with Gasteiger partial charge in [0.2, 0.25) is 0 Å². The van der Waals surface area contributed by atoms with E-state index in [2.05, 4.69) is 21.3 Å². The molecule has 1 aromatic heterocycles. The lowest BCUT2D eigenvalue weighted by Gasteiger charge is -2.32. The van der Waals surface area contributed by atoms with Crippen molar-refractivity contribution in [2.45, 2.75) is 44.7 Å². The second-order valence-corrected chi connectivity index (χ2v) is 6.18. The highest BCUT2D eigenvalue weighted by Crippen LogP contribution is 2.40. The third-order valence-corrected chi connectivity index (χ3v) is 4.82. The first-order valence-corrected chi connectivity index (χ1v) is 7.73. The molecule has 1 N–H and O–H groups in total. The van der Waals surface area contributed by atoms with Gasteiger partial charge in [-0.1, -0.05) is 24.4 Å². The number of halogens is 1. The number of aromatic nitrogens is 1. The fourth-order valence-corrected chi connectivity index (χ4v) is 3.95. The number of anilines is 1. The van der Waals surface area contributed by atoms with Gasteiger partial charge in [0, 0.05) is 25.3 Å². The van der Waals surface area contributed by atoms with Gasteiger partial charge in [0.1, 0.15) is 5.82 Å². The summed E-state index contributed by atoms with van der Waals surface area (Å²) >= 11 is 6.44. The van der Waals surface area contributed by atoms with Crippen LogP contribution < -0.4 is 10.2 Å². The number of fused-ring (bicyclic) bond motifs is 1. The molecule has 1 saturated carbocycles. The Morgan fingerprint density at radius 2 is 2.21 bits per heavy atom. The van der Waals surface area contributed by atoms with Crippen LogP contribution in [-0.2, 0) is 6.54 Å². The topological polar surface area (TPSA) is 28.2 Å². The van der Waals surface area contributed by atoms with Gasteiger partial charge in [-0.2, -0.15) is 0 Å². The standard InChI is InChI=1S/C15H22ClN3/c1-17-9-11-8-13(16)15(18-10-11)19-7-6-12-4-2-3-5-14(12)19/h8,10,12,14,17H,2-7,9H2,1H3. The Morgan fingerprint density at radius 1 is 1.37 bits per heavy atom. The van der Waals surface area contributed by atoms with Gasteiger partial charge in [0.25, 0.3) is 0 Å². The van der Waals surface area contributed by atoms with Crippen molar-refractivity contribution in [2.24, 2.45) is 5.92 Å². The summed E-state index contributed by atoms with van der Waals surface area (Å²) < 4.78 is 0. The first-order chi connectivity index (χ1) is 9.29. The monoisotopic (exact) mass is 279 g/mol. The molecule has 2 aliphatic rings. The molecule has 1 aliphatic heterocycles. The van der Waals surface area contributed by atoms with E-state index < -0.39 is 0 Å². The molecule has 1 aromatic rings. The van der Waals surface area contributed by atoms with Crippen molar-refractivity contribution in [1.29, 1.82) is 0 Å². The van der Waals surface area contributed by atoms with E-state index >= 15 is 0 Å². The van der Waals surface area contributed by atoms with Crippen molar-refractivity contribution in [3.63, 3.8) is 0 Å². The molecule has 2 heterocycles. The molecule has 3 rings (SSSR count). The van der Waals surface area contributed by atoms with Crippen molar-refractivity contribution < 1.29 is 0 Å². The summed E-state index contributed by atoms with van der Waals surface area (Å²) in [5, 5.41) is 3.94. The van der Waals surface area contributed by atoms with Crippen LogP contribution in [0, 0.1) is 5.92 Å². The number of hydrogen-bond acceptors (Lipinski definition) is 3. The fraction of sp³-hybridized carbons (Fsp3) is 0.667. The van der Waals surface area contributed by atoms with Gasteiger partial charge in [-0.05, 0) is 43.9 Å². The zero-order valence-corrected chi connectivity index (χ0v) is 12.3. The SMILES string of the molecule is CNCc1cnc(N2CCC3CCCCC32)c(Cl)c1. The van der Waals surface area contributed by atoms with Gasteiger partial charge in [-0.15, -0.1) is 0 Å². The normalized spacial score (nSPS) is 26.5. The predicted molar refractivity (Wildman–Crippen MR) is 79.7 cm³/mol. The molecule has 3 nitrogen and oxygen atoms in total. The molecule has 1 saturated heterocycles. The van der Waals surface area contributed by atoms with Gasteiger partial charge < -0.3 is 10.2 Å². The van der Waals surface area contributed by atoms with Crippen LogP contribution in [0.1, 0.15) is 37.7 Å². The second kappa shape index (κ2) is 5.68. The highest BCUT2D eigenvalue weighted by Gasteiger charge is 2.36. The Bertz CT molecular complexity index is 449. The van der Waals surface area contributed by atoms with E-state index in [1.165, 1.54) is 32.1 Å². The van der Waals surface area contributed by atoms with E-state index in [-0.39, 0.29) is 0 Å². The van der Waals surface area contributed by atoms with Crippen LogP contribution in [0.15, 0.2) is 12.3 Å². The molecule has 2 atom stereocenters. The number of rotatable bonds is 3. The quantitative estimate of drug-likeness (QED) is 0.921. The zero-order chi connectivity index (χ0) is 13.2. The Labute approximate surface area is 120 Å². The van der Waals surface area contributed by atoms with Gasteiger partial charge >= 0.3 is 0 Å². The van der Waals surface area contributed by atoms with E-state index in [4.69, 9.17) is 11.6 Å². The van der Waals surface area contributed by atoms with Crippen LogP contribution in [-0.4, -0.2) is 24.6 Å². The number of pyridine rings is 1. The lowest BCUT2D eigenvalue weighted by molar-refractivity contribution is 0.341. The summed E-state index contributed by atoms with van der Waals surface area (Å²) in [6.07, 6.45) is 8.71. The summed E-state index contributed by atoms with van der Waals surface area (Å²) in [5.41, 5.74) is 1.15. The molecule has 2 fully saturated rings. The third kappa shape index (κ3) is 2.59. The van der Waals surface area contributed by atoms with Crippen LogP contribution in [0.2, 0.25) is 5.02 Å². The smallest absolute Gasteiger partial charge is 0.147 e. The van der Waals surface area contributed by atoms with Gasteiger partial charge in [0.15, 0.2) is 0 Å². The van der Waals surface area contributed by atoms with E-state index in [0.29, 0.717) is 6.04 Å². The molecule has 104 valence electrons. The molecular weight excluding hydrogens is 258 g/mol. The lowest BCUT2D eigenvalue weighted by atomic mass is 9.85. The van der Waals surface area contributed by atoms with Gasteiger partial charge in [0.05, 0.1) is 5.02 Å². The fourth-order valence-electron chi connectivity index (χ4n) is 3.65. The molecule has 4 heteroatoms. The number of nitrogens with zero attached hydrogens (tertiary/aromatic N) is 2. The summed E-state index contributed by atoms with van der Waals surface area (Å²) in [7, 11) is 1.94. The zero-order valence-electron chi connectivity index (χ0n) is 11.5. The lowest BCUT2D eigenvalue weighted by Crippen LogP contribution is -2.35. The van der Waals surface area contributed by atoms with E-state index in [1.54, 1.807) is 0 Å². The second-order valence-electron chi connectivity index (χ2n) is 5.77. The van der Waals surface area contributed by atoms with Crippen molar-refractivity contribution >= 4 is 17.4 Å². The molecule has 0 bridgehead atoms. The number of hydrogen-bond donors (Lipinski definition) is 1. The summed E-state index contributed by atoms with van der Waals surface area (Å²) in [5.74, 6) is 1.86. The van der Waals surface area contributed by atoms with Crippen LogP contribution in [0.4, 0.5) is 5.82 Å². The third-order valence-electron chi connectivity index (χ3n) is 4.54. The molecule has 2 unspecified atom stereocenters. The summed E-state index contributed by atoms with van der Waals surface area (Å²) in [6, 6.07) is 2.73. The van der Waals surface area contributed by atoms with Crippen molar-refractivity contribution in [3.8, 4) is 0 Å². The van der Waals surface area contributed by atoms with E-state index in [9.17, 15) is 0 Å². The molecule has 0 aromatic carbocycles. The molecule has 1 aliphatic carbocycles. The molecule has 19 heavy (non-hydrogen) atoms. The molecule has 0 radical (unpaired) electrons. The highest BCUT2D eigenvalue weighted by atomic mass is 35.5. The van der Waals surface area contributed by atoms with Crippen molar-refractivity contribution in [3.05, 3.63) is 22.8 Å². The van der Waals surface area contributed by atoms with E-state index in [0.717, 1.165) is 35.4 Å². The molecule has 0 amide bonds. The predicted octanol–water partition coefficient (Wildman–Crippen LogP) is 3.22. The average molecular weight is 280 g/mol. The minimum Gasteiger partial charge on any atom is -0.352 e. The summed E-state index contributed by atoms with van der Waals surface area (Å²) in [4.78, 5) is 7.08. The Morgan fingerprint density at radius 3 is 3.00 bits per heavy atom. The Hall–Kier alpha value is -0.800. The largest absolute Gasteiger partial charge is 0.352 e. The number of nitrogens with one attached hydrogen (secondary N) is 1. The summed E-state index contributed by atoms with van der Waals surface area (Å²) in [6.45, 7) is 1.94. The first kappa shape index (κ1) is 13.2. The maximum absolute atomic E-state index is 6.44. The van der Waals surface area contributed by atoms with Crippen LogP contribution >= 0.6 is 11.6 Å². The highest BCUT2D eigenvalue weighted by molar-refractivity contribution is 6.33. The average Bonchev–Trinajstić information content (AvgIpc) is 2.83. The maximum Gasteiger partial charge on any atom is 0.147 e. The van der Waals surface area contributed by atoms with Crippen LogP contribution in [0.3, 0.4) is 0 Å². The first-order valence-electron chi connectivity index (χ1n) is 7.35. The Balaban J connectivity index is 1.82. The van der Waals surface area contributed by atoms with Crippen molar-refractivity contribution in [1.82, 2.24) is 10.3 Å². The van der Waals surface area contributed by atoms with Gasteiger partial charge in [-0.25, -0.2) is 4.98 Å². The molecule has 0 spiro atoms. The maximum atomic E-state index is 6.44. The Kier molecular flexibility index (Phi) is 3.94. The minimum absolute atomic E-state index is 0.675. The van der Waals surface area contributed by atoms with Crippen molar-refractivity contribution in [2.75, 3.05) is 18.5 Å². The van der Waals surface area contributed by atoms with Crippen LogP contribution in [0.25, 0.3) is 0 Å². The van der Waals surface area contributed by atoms with E-state index in [1.807, 2.05) is 13.2 Å². The van der Waals surface area contributed by atoms with Gasteiger partial charge in [-0.3, -0.25) is 0 Å². The molecular formula is C15H22ClN3.